The van der Waals surface area contributed by atoms with Crippen molar-refractivity contribution >= 4 is 11.8 Å². The lowest BCUT2D eigenvalue weighted by atomic mass is 10.1. The first kappa shape index (κ1) is 19.4. The molecule has 0 spiro atoms. The molecule has 0 aliphatic carbocycles. The molecule has 3 rings (SSSR count). The van der Waals surface area contributed by atoms with Crippen LogP contribution in [0.15, 0.2) is 53.4 Å². The smallest absolute Gasteiger partial charge is 0.127 e. The van der Waals surface area contributed by atoms with Crippen LogP contribution in [0.1, 0.15) is 17.5 Å². The van der Waals surface area contributed by atoms with Gasteiger partial charge in [0.05, 0.1) is 0 Å². The van der Waals surface area contributed by atoms with Crippen molar-refractivity contribution < 1.29 is 9.50 Å². The number of thioether (sulfide) groups is 1. The van der Waals surface area contributed by atoms with Gasteiger partial charge in [0.1, 0.15) is 5.82 Å². The van der Waals surface area contributed by atoms with Gasteiger partial charge in [-0.2, -0.15) is 0 Å². The van der Waals surface area contributed by atoms with E-state index in [1.807, 2.05) is 12.1 Å². The minimum atomic E-state index is -0.147. The Morgan fingerprint density at radius 1 is 1.12 bits per heavy atom. The third kappa shape index (κ3) is 5.07. The van der Waals surface area contributed by atoms with Crippen molar-refractivity contribution in [3.05, 3.63) is 65.5 Å². The molecule has 140 valence electrons. The van der Waals surface area contributed by atoms with Crippen molar-refractivity contribution in [3.8, 4) is 0 Å². The summed E-state index contributed by atoms with van der Waals surface area (Å²) >= 11 is 1.76. The zero-order valence-electron chi connectivity index (χ0n) is 15.3. The lowest BCUT2D eigenvalue weighted by molar-refractivity contribution is 0.0493. The maximum Gasteiger partial charge on any atom is 0.127 e. The van der Waals surface area contributed by atoms with Gasteiger partial charge in [-0.15, -0.1) is 11.8 Å². The predicted molar refractivity (Wildman–Crippen MR) is 106 cm³/mol. The molecule has 0 aromatic heterocycles. The van der Waals surface area contributed by atoms with E-state index in [0.717, 1.165) is 38.2 Å². The van der Waals surface area contributed by atoms with Crippen molar-refractivity contribution in [1.29, 1.82) is 0 Å². The summed E-state index contributed by atoms with van der Waals surface area (Å²) in [7, 11) is 0. The summed E-state index contributed by atoms with van der Waals surface area (Å²) < 4.78 is 14.0. The molecule has 1 aliphatic rings. The minimum absolute atomic E-state index is 0.147. The Balaban J connectivity index is 1.64. The second kappa shape index (κ2) is 9.51. The molecule has 0 amide bonds. The lowest BCUT2D eigenvalue weighted by Crippen LogP contribution is -2.52. The molecule has 2 aromatic carbocycles. The summed E-state index contributed by atoms with van der Waals surface area (Å²) in [5, 5.41) is 9.48. The van der Waals surface area contributed by atoms with E-state index in [2.05, 4.69) is 40.3 Å². The Morgan fingerprint density at radius 3 is 2.73 bits per heavy atom. The highest BCUT2D eigenvalue weighted by atomic mass is 32.2. The monoisotopic (exact) mass is 374 g/mol. The van der Waals surface area contributed by atoms with Crippen molar-refractivity contribution in [1.82, 2.24) is 9.80 Å². The number of benzene rings is 2. The summed E-state index contributed by atoms with van der Waals surface area (Å²) in [6.45, 7) is 4.44. The third-order valence-corrected chi connectivity index (χ3v) is 5.75. The molecule has 0 radical (unpaired) electrons. The largest absolute Gasteiger partial charge is 0.396 e. The number of rotatable bonds is 7. The molecule has 1 saturated heterocycles. The van der Waals surface area contributed by atoms with Gasteiger partial charge in [-0.3, -0.25) is 9.80 Å². The molecule has 5 heteroatoms. The first-order valence-electron chi connectivity index (χ1n) is 9.13. The van der Waals surface area contributed by atoms with Crippen molar-refractivity contribution in [3.63, 3.8) is 0 Å². The van der Waals surface area contributed by atoms with Crippen LogP contribution in [0.2, 0.25) is 0 Å². The topological polar surface area (TPSA) is 26.7 Å². The molecule has 0 bridgehead atoms. The highest BCUT2D eigenvalue weighted by Gasteiger charge is 2.27. The highest BCUT2D eigenvalue weighted by molar-refractivity contribution is 7.98. The van der Waals surface area contributed by atoms with Gasteiger partial charge < -0.3 is 5.11 Å². The first-order valence-corrected chi connectivity index (χ1v) is 10.4. The number of hydrogen-bond donors (Lipinski definition) is 1. The number of hydrogen-bond acceptors (Lipinski definition) is 4. The normalized spacial score (nSPS) is 19.0. The summed E-state index contributed by atoms with van der Waals surface area (Å²) in [6, 6.07) is 15.9. The Bertz CT molecular complexity index is 712. The van der Waals surface area contributed by atoms with Crippen LogP contribution in [0.3, 0.4) is 0 Å². The fourth-order valence-corrected chi connectivity index (χ4v) is 4.09. The molecular weight excluding hydrogens is 347 g/mol. The van der Waals surface area contributed by atoms with Crippen molar-refractivity contribution in [2.75, 3.05) is 32.5 Å². The van der Waals surface area contributed by atoms with Crippen LogP contribution in [-0.2, 0) is 13.1 Å². The van der Waals surface area contributed by atoms with Gasteiger partial charge in [-0.05, 0) is 36.4 Å². The van der Waals surface area contributed by atoms with Gasteiger partial charge in [-0.25, -0.2) is 4.39 Å². The maximum atomic E-state index is 14.0. The van der Waals surface area contributed by atoms with Gasteiger partial charge in [0.2, 0.25) is 0 Å². The van der Waals surface area contributed by atoms with Crippen LogP contribution in [0.25, 0.3) is 0 Å². The van der Waals surface area contributed by atoms with E-state index in [0.29, 0.717) is 6.54 Å². The fourth-order valence-electron chi connectivity index (χ4n) is 3.61. The average Bonchev–Trinajstić information content (AvgIpc) is 2.66. The SMILES string of the molecule is CSc1cccc(CN2CCN(Cc3ccccc3F)C(CCO)C2)c1. The molecule has 26 heavy (non-hydrogen) atoms. The first-order chi connectivity index (χ1) is 12.7. The number of halogens is 1. The number of nitrogens with zero attached hydrogens (tertiary/aromatic N) is 2. The molecule has 1 heterocycles. The van der Waals surface area contributed by atoms with E-state index < -0.39 is 0 Å². The molecule has 1 N–H and O–H groups in total. The molecule has 0 saturated carbocycles. The van der Waals surface area contributed by atoms with Crippen LogP contribution in [-0.4, -0.2) is 53.4 Å². The Labute approximate surface area is 159 Å². The molecule has 1 atom stereocenters. The lowest BCUT2D eigenvalue weighted by Gasteiger charge is -2.41. The summed E-state index contributed by atoms with van der Waals surface area (Å²) in [5.41, 5.74) is 2.05. The highest BCUT2D eigenvalue weighted by Crippen LogP contribution is 2.21. The van der Waals surface area contributed by atoms with Crippen LogP contribution >= 0.6 is 11.8 Å². The maximum absolute atomic E-state index is 14.0. The quantitative estimate of drug-likeness (QED) is 0.749. The van der Waals surface area contributed by atoms with Gasteiger partial charge in [-0.1, -0.05) is 30.3 Å². The van der Waals surface area contributed by atoms with E-state index in [1.165, 1.54) is 16.5 Å². The van der Waals surface area contributed by atoms with Gasteiger partial charge in [0.25, 0.3) is 0 Å². The zero-order chi connectivity index (χ0) is 18.4. The van der Waals surface area contributed by atoms with Gasteiger partial charge in [0, 0.05) is 55.8 Å². The number of aliphatic hydroxyl groups excluding tert-OH is 1. The molecule has 1 fully saturated rings. The summed E-state index contributed by atoms with van der Waals surface area (Å²) in [4.78, 5) is 6.04. The molecule has 1 aliphatic heterocycles. The number of aliphatic hydroxyl groups is 1. The van der Waals surface area contributed by atoms with Crippen LogP contribution in [0.5, 0.6) is 0 Å². The van der Waals surface area contributed by atoms with Gasteiger partial charge in [0.15, 0.2) is 0 Å². The van der Waals surface area contributed by atoms with Crippen LogP contribution in [0.4, 0.5) is 4.39 Å². The van der Waals surface area contributed by atoms with E-state index in [4.69, 9.17) is 0 Å². The third-order valence-electron chi connectivity index (χ3n) is 5.02. The van der Waals surface area contributed by atoms with E-state index in [1.54, 1.807) is 17.8 Å². The van der Waals surface area contributed by atoms with E-state index >= 15 is 0 Å². The number of piperazine rings is 1. The molecule has 3 nitrogen and oxygen atoms in total. The molecular formula is C21H27FN2OS. The molecule has 2 aromatic rings. The van der Waals surface area contributed by atoms with Crippen LogP contribution in [0, 0.1) is 5.82 Å². The average molecular weight is 375 g/mol. The second-order valence-corrected chi connectivity index (χ2v) is 7.69. The molecule has 1 unspecified atom stereocenters. The Hall–Kier alpha value is -1.40. The van der Waals surface area contributed by atoms with E-state index in [9.17, 15) is 9.50 Å². The Morgan fingerprint density at radius 2 is 1.96 bits per heavy atom. The predicted octanol–water partition coefficient (Wildman–Crippen LogP) is 3.62. The minimum Gasteiger partial charge on any atom is -0.396 e. The summed E-state index contributed by atoms with van der Waals surface area (Å²) in [6.07, 6.45) is 2.81. The van der Waals surface area contributed by atoms with Crippen LogP contribution < -0.4 is 0 Å². The Kier molecular flexibility index (Phi) is 7.08. The summed E-state index contributed by atoms with van der Waals surface area (Å²) in [5.74, 6) is -0.147. The van der Waals surface area contributed by atoms with Crippen molar-refractivity contribution in [2.45, 2.75) is 30.4 Å². The van der Waals surface area contributed by atoms with E-state index in [-0.39, 0.29) is 18.5 Å². The standard InChI is InChI=1S/C21H27FN2OS/c1-26-20-7-4-5-17(13-20)14-23-10-11-24(19(16-23)9-12-25)15-18-6-2-3-8-21(18)22/h2-8,13,19,25H,9-12,14-16H2,1H3. The van der Waals surface area contributed by atoms with Gasteiger partial charge >= 0.3 is 0 Å². The fraction of sp³-hybridized carbons (Fsp3) is 0.429. The second-order valence-electron chi connectivity index (χ2n) is 6.81. The van der Waals surface area contributed by atoms with Crippen molar-refractivity contribution in [2.24, 2.45) is 0 Å². The zero-order valence-corrected chi connectivity index (χ0v) is 16.1.